The molecule has 0 aliphatic rings. The fraction of sp³-hybridized carbons (Fsp3) is 0.259. The first kappa shape index (κ1) is 24.4. The maximum atomic E-state index is 13.1. The van der Waals surface area contributed by atoms with E-state index in [1.807, 2.05) is 79.7 Å². The van der Waals surface area contributed by atoms with Gasteiger partial charge in [-0.3, -0.25) is 9.69 Å². The van der Waals surface area contributed by atoms with Crippen molar-refractivity contribution in [2.75, 3.05) is 11.4 Å². The minimum Gasteiger partial charge on any atom is -0.427 e. The summed E-state index contributed by atoms with van der Waals surface area (Å²) in [6.45, 7) is 6.19. The lowest BCUT2D eigenvalue weighted by Crippen LogP contribution is -2.42. The fourth-order valence-corrected chi connectivity index (χ4v) is 4.30. The summed E-state index contributed by atoms with van der Waals surface area (Å²) in [7, 11) is 0. The van der Waals surface area contributed by atoms with Crippen LogP contribution in [0.15, 0.2) is 88.7 Å². The Kier molecular flexibility index (Phi) is 8.95. The zero-order valence-corrected chi connectivity index (χ0v) is 20.1. The first-order valence-electron chi connectivity index (χ1n) is 11.2. The minimum atomic E-state index is -0.341. The zero-order chi connectivity index (χ0) is 23.6. The van der Waals surface area contributed by atoms with Gasteiger partial charge in [0.2, 0.25) is 0 Å². The van der Waals surface area contributed by atoms with Gasteiger partial charge >= 0.3 is 12.0 Å². The van der Waals surface area contributed by atoms with E-state index in [1.54, 1.807) is 22.7 Å². The van der Waals surface area contributed by atoms with E-state index in [4.69, 9.17) is 4.74 Å². The number of ether oxygens (including phenoxy) is 1. The SMILES string of the molecule is CCCCNC(=O)N(c1ccc(Sc2cccc(OC(C)=O)c2)cc1)C(C)c1ccccc1. The van der Waals surface area contributed by atoms with Gasteiger partial charge in [-0.2, -0.15) is 0 Å². The molecule has 0 heterocycles. The van der Waals surface area contributed by atoms with Crippen molar-refractivity contribution in [1.29, 1.82) is 0 Å². The van der Waals surface area contributed by atoms with Crippen LogP contribution >= 0.6 is 11.8 Å². The number of hydrogen-bond donors (Lipinski definition) is 1. The molecular weight excluding hydrogens is 432 g/mol. The van der Waals surface area contributed by atoms with Crippen molar-refractivity contribution in [2.45, 2.75) is 49.4 Å². The quantitative estimate of drug-likeness (QED) is 0.215. The highest BCUT2D eigenvalue weighted by molar-refractivity contribution is 7.99. The number of hydrogen-bond acceptors (Lipinski definition) is 4. The van der Waals surface area contributed by atoms with Crippen molar-refractivity contribution in [3.63, 3.8) is 0 Å². The second kappa shape index (κ2) is 12.1. The standard InChI is InChI=1S/C27H30N2O3S/c1-4-5-18-28-27(31)29(20(2)22-10-7-6-8-11-22)23-14-16-25(17-15-23)33-26-13-9-12-24(19-26)32-21(3)30/h6-17,19-20H,4-5,18H2,1-3H3,(H,28,31). The van der Waals surface area contributed by atoms with Crippen molar-refractivity contribution in [3.8, 4) is 5.75 Å². The number of benzene rings is 3. The maximum Gasteiger partial charge on any atom is 0.322 e. The topological polar surface area (TPSA) is 58.6 Å². The smallest absolute Gasteiger partial charge is 0.322 e. The molecule has 0 aliphatic carbocycles. The van der Waals surface area contributed by atoms with Gasteiger partial charge < -0.3 is 10.1 Å². The zero-order valence-electron chi connectivity index (χ0n) is 19.3. The number of amides is 2. The van der Waals surface area contributed by atoms with E-state index in [1.165, 1.54) is 6.92 Å². The van der Waals surface area contributed by atoms with Gasteiger partial charge in [-0.15, -0.1) is 0 Å². The Labute approximate surface area is 200 Å². The summed E-state index contributed by atoms with van der Waals surface area (Å²) in [5.74, 6) is 0.182. The molecule has 0 fully saturated rings. The van der Waals surface area contributed by atoms with Gasteiger partial charge in [-0.1, -0.05) is 61.5 Å². The van der Waals surface area contributed by atoms with Crippen LogP contribution in [-0.4, -0.2) is 18.5 Å². The second-order valence-electron chi connectivity index (χ2n) is 7.71. The third kappa shape index (κ3) is 7.12. The Hall–Kier alpha value is -3.25. The predicted octanol–water partition coefficient (Wildman–Crippen LogP) is 6.84. The summed E-state index contributed by atoms with van der Waals surface area (Å²) in [4.78, 5) is 28.1. The number of carbonyl (C=O) groups is 2. The van der Waals surface area contributed by atoms with Crippen LogP contribution in [-0.2, 0) is 4.79 Å². The van der Waals surface area contributed by atoms with Crippen LogP contribution < -0.4 is 15.0 Å². The lowest BCUT2D eigenvalue weighted by atomic mass is 10.1. The molecule has 3 rings (SSSR count). The molecule has 0 aromatic heterocycles. The third-order valence-electron chi connectivity index (χ3n) is 5.11. The molecule has 0 spiro atoms. The van der Waals surface area contributed by atoms with Gasteiger partial charge in [-0.05, 0) is 61.4 Å². The fourth-order valence-electron chi connectivity index (χ4n) is 3.43. The maximum absolute atomic E-state index is 13.1. The van der Waals surface area contributed by atoms with E-state index in [2.05, 4.69) is 12.2 Å². The molecule has 0 saturated carbocycles. The Morgan fingerprint density at radius 3 is 2.36 bits per heavy atom. The molecule has 0 aliphatic heterocycles. The second-order valence-corrected chi connectivity index (χ2v) is 8.85. The van der Waals surface area contributed by atoms with Gasteiger partial charge in [-0.25, -0.2) is 4.79 Å². The highest BCUT2D eigenvalue weighted by Crippen LogP contribution is 2.33. The number of rotatable bonds is 9. The summed E-state index contributed by atoms with van der Waals surface area (Å²) in [5, 5.41) is 3.05. The molecular formula is C27H30N2O3S. The van der Waals surface area contributed by atoms with Crippen LogP contribution in [0.2, 0.25) is 0 Å². The van der Waals surface area contributed by atoms with Crippen molar-refractivity contribution >= 4 is 29.4 Å². The average molecular weight is 463 g/mol. The molecule has 0 radical (unpaired) electrons. The van der Waals surface area contributed by atoms with E-state index in [9.17, 15) is 9.59 Å². The van der Waals surface area contributed by atoms with E-state index < -0.39 is 0 Å². The van der Waals surface area contributed by atoms with E-state index >= 15 is 0 Å². The van der Waals surface area contributed by atoms with Gasteiger partial charge in [0.25, 0.3) is 0 Å². The number of urea groups is 1. The number of carbonyl (C=O) groups excluding carboxylic acids is 2. The Morgan fingerprint density at radius 2 is 1.70 bits per heavy atom. The molecule has 1 N–H and O–H groups in total. The summed E-state index contributed by atoms with van der Waals surface area (Å²) >= 11 is 1.57. The van der Waals surface area contributed by atoms with Crippen molar-refractivity contribution in [1.82, 2.24) is 5.32 Å². The Balaban J connectivity index is 1.80. The van der Waals surface area contributed by atoms with Gasteiger partial charge in [0.15, 0.2) is 0 Å². The molecule has 2 amide bonds. The highest BCUT2D eigenvalue weighted by atomic mass is 32.2. The first-order valence-corrected chi connectivity index (χ1v) is 12.0. The molecule has 3 aromatic carbocycles. The number of nitrogens with one attached hydrogen (secondary N) is 1. The largest absolute Gasteiger partial charge is 0.427 e. The van der Waals surface area contributed by atoms with Crippen LogP contribution in [0.1, 0.15) is 45.2 Å². The molecule has 0 bridgehead atoms. The van der Waals surface area contributed by atoms with Gasteiger partial charge in [0.1, 0.15) is 5.75 Å². The van der Waals surface area contributed by atoms with Crippen molar-refractivity contribution in [3.05, 3.63) is 84.4 Å². The van der Waals surface area contributed by atoms with Crippen LogP contribution in [0.4, 0.5) is 10.5 Å². The van der Waals surface area contributed by atoms with Crippen LogP contribution in [0, 0.1) is 0 Å². The normalized spacial score (nSPS) is 11.5. The summed E-state index contributed by atoms with van der Waals surface area (Å²) in [6, 6.07) is 25.2. The third-order valence-corrected chi connectivity index (χ3v) is 6.11. The van der Waals surface area contributed by atoms with Crippen LogP contribution in [0.5, 0.6) is 5.75 Å². The lowest BCUT2D eigenvalue weighted by molar-refractivity contribution is -0.131. The monoisotopic (exact) mass is 462 g/mol. The minimum absolute atomic E-state index is 0.103. The highest BCUT2D eigenvalue weighted by Gasteiger charge is 2.23. The molecule has 6 heteroatoms. The Bertz CT molecular complexity index is 1050. The van der Waals surface area contributed by atoms with E-state index in [0.717, 1.165) is 33.9 Å². The van der Waals surface area contributed by atoms with Crippen molar-refractivity contribution < 1.29 is 14.3 Å². The molecule has 3 aromatic rings. The summed E-state index contributed by atoms with van der Waals surface area (Å²) in [6.07, 6.45) is 1.97. The van der Waals surface area contributed by atoms with Gasteiger partial charge in [0, 0.05) is 28.9 Å². The molecule has 1 atom stereocenters. The molecule has 172 valence electrons. The number of unbranched alkanes of at least 4 members (excludes halogenated alkanes) is 1. The summed E-state index contributed by atoms with van der Waals surface area (Å²) in [5.41, 5.74) is 1.90. The Morgan fingerprint density at radius 1 is 0.970 bits per heavy atom. The number of esters is 1. The van der Waals surface area contributed by atoms with Crippen molar-refractivity contribution in [2.24, 2.45) is 0 Å². The van der Waals surface area contributed by atoms with Crippen LogP contribution in [0.25, 0.3) is 0 Å². The van der Waals surface area contributed by atoms with E-state index in [-0.39, 0.29) is 18.0 Å². The average Bonchev–Trinajstić information content (AvgIpc) is 2.81. The molecule has 33 heavy (non-hydrogen) atoms. The first-order chi connectivity index (χ1) is 16.0. The molecule has 5 nitrogen and oxygen atoms in total. The van der Waals surface area contributed by atoms with Gasteiger partial charge in [0.05, 0.1) is 6.04 Å². The van der Waals surface area contributed by atoms with E-state index in [0.29, 0.717) is 12.3 Å². The molecule has 1 unspecified atom stereocenters. The van der Waals surface area contributed by atoms with Crippen LogP contribution in [0.3, 0.4) is 0 Å². The molecule has 0 saturated heterocycles. The summed E-state index contributed by atoms with van der Waals surface area (Å²) < 4.78 is 5.17. The lowest BCUT2D eigenvalue weighted by Gasteiger charge is -2.30. The predicted molar refractivity (Wildman–Crippen MR) is 134 cm³/mol. The number of anilines is 1. The number of nitrogens with zero attached hydrogens (tertiary/aromatic N) is 1.